The van der Waals surface area contributed by atoms with Gasteiger partial charge in [-0.25, -0.2) is 4.79 Å². The van der Waals surface area contributed by atoms with Crippen LogP contribution in [0.3, 0.4) is 0 Å². The Bertz CT molecular complexity index is 519. The summed E-state index contributed by atoms with van der Waals surface area (Å²) in [5, 5.41) is 17.8. The van der Waals surface area contributed by atoms with E-state index in [0.29, 0.717) is 17.7 Å². The Morgan fingerprint density at radius 1 is 1.53 bits per heavy atom. The molecule has 0 aromatic heterocycles. The fraction of sp³-hybridized carbons (Fsp3) is 0.250. The predicted octanol–water partition coefficient (Wildman–Crippen LogP) is 1.14. The minimum Gasteiger partial charge on any atom is -0.480 e. The summed E-state index contributed by atoms with van der Waals surface area (Å²) in [7, 11) is 0. The molecule has 0 aliphatic carbocycles. The van der Waals surface area contributed by atoms with Crippen LogP contribution in [0.15, 0.2) is 24.3 Å². The Morgan fingerprint density at radius 3 is 2.94 bits per heavy atom. The van der Waals surface area contributed by atoms with Crippen molar-refractivity contribution in [1.82, 2.24) is 0 Å². The number of rotatable bonds is 2. The van der Waals surface area contributed by atoms with Crippen LogP contribution in [0, 0.1) is 11.3 Å². The van der Waals surface area contributed by atoms with Crippen molar-refractivity contribution in [3.8, 4) is 6.07 Å². The summed E-state index contributed by atoms with van der Waals surface area (Å²) >= 11 is 0. The number of amides is 1. The van der Waals surface area contributed by atoms with Crippen molar-refractivity contribution in [3.05, 3.63) is 29.8 Å². The van der Waals surface area contributed by atoms with Gasteiger partial charge in [0.1, 0.15) is 6.04 Å². The highest BCUT2D eigenvalue weighted by Crippen LogP contribution is 2.27. The molecule has 1 heterocycles. The molecule has 0 radical (unpaired) electrons. The van der Waals surface area contributed by atoms with Crippen LogP contribution in [0.2, 0.25) is 0 Å². The molecule has 1 N–H and O–H groups in total. The highest BCUT2D eigenvalue weighted by molar-refractivity contribution is 6.02. The van der Waals surface area contributed by atoms with Gasteiger partial charge in [0.15, 0.2) is 0 Å². The van der Waals surface area contributed by atoms with Gasteiger partial charge in [-0.05, 0) is 24.6 Å². The fourth-order valence-corrected chi connectivity index (χ4v) is 1.97. The molecule has 0 bridgehead atoms. The largest absolute Gasteiger partial charge is 0.480 e. The first-order valence-corrected chi connectivity index (χ1v) is 5.18. The summed E-state index contributed by atoms with van der Waals surface area (Å²) in [6, 6.07) is 7.56. The van der Waals surface area contributed by atoms with E-state index in [0.717, 1.165) is 0 Å². The van der Waals surface area contributed by atoms with Crippen LogP contribution in [0.25, 0.3) is 0 Å². The van der Waals surface area contributed by atoms with E-state index in [2.05, 4.69) is 0 Å². The molecule has 0 spiro atoms. The van der Waals surface area contributed by atoms with Crippen molar-refractivity contribution >= 4 is 17.6 Å². The van der Waals surface area contributed by atoms with Gasteiger partial charge >= 0.3 is 5.97 Å². The Labute approximate surface area is 97.9 Å². The first-order chi connectivity index (χ1) is 8.13. The molecule has 1 saturated heterocycles. The van der Waals surface area contributed by atoms with E-state index in [1.54, 1.807) is 18.2 Å². The molecule has 17 heavy (non-hydrogen) atoms. The third-order valence-electron chi connectivity index (χ3n) is 2.75. The molecule has 86 valence electrons. The van der Waals surface area contributed by atoms with E-state index in [9.17, 15) is 9.59 Å². The van der Waals surface area contributed by atoms with Gasteiger partial charge in [-0.15, -0.1) is 0 Å². The third-order valence-corrected chi connectivity index (χ3v) is 2.75. The fourth-order valence-electron chi connectivity index (χ4n) is 1.97. The maximum Gasteiger partial charge on any atom is 0.326 e. The van der Waals surface area contributed by atoms with E-state index in [1.807, 2.05) is 6.07 Å². The number of carboxylic acids is 1. The van der Waals surface area contributed by atoms with Crippen LogP contribution < -0.4 is 4.90 Å². The van der Waals surface area contributed by atoms with Crippen molar-refractivity contribution in [2.45, 2.75) is 18.9 Å². The zero-order valence-electron chi connectivity index (χ0n) is 8.96. The molecule has 1 aromatic carbocycles. The van der Waals surface area contributed by atoms with Gasteiger partial charge in [0.05, 0.1) is 11.6 Å². The summed E-state index contributed by atoms with van der Waals surface area (Å²) in [6.45, 7) is 0. The molecule has 1 atom stereocenters. The second-order valence-corrected chi connectivity index (χ2v) is 3.82. The van der Waals surface area contributed by atoms with Crippen LogP contribution in [-0.4, -0.2) is 23.0 Å². The number of nitrogens with zero attached hydrogens (tertiary/aromatic N) is 2. The summed E-state index contributed by atoms with van der Waals surface area (Å²) in [5.74, 6) is -1.23. The number of nitriles is 1. The second-order valence-electron chi connectivity index (χ2n) is 3.82. The van der Waals surface area contributed by atoms with Crippen molar-refractivity contribution in [3.63, 3.8) is 0 Å². The topological polar surface area (TPSA) is 81.4 Å². The Balaban J connectivity index is 2.40. The van der Waals surface area contributed by atoms with Gasteiger partial charge < -0.3 is 5.11 Å². The van der Waals surface area contributed by atoms with Gasteiger partial charge in [-0.3, -0.25) is 9.69 Å². The van der Waals surface area contributed by atoms with Crippen molar-refractivity contribution < 1.29 is 14.7 Å². The Kier molecular flexibility index (Phi) is 2.79. The maximum atomic E-state index is 11.7. The van der Waals surface area contributed by atoms with E-state index in [4.69, 9.17) is 10.4 Å². The molecule has 1 amide bonds. The lowest BCUT2D eigenvalue weighted by Gasteiger charge is -2.21. The lowest BCUT2D eigenvalue weighted by Crippen LogP contribution is -2.38. The highest BCUT2D eigenvalue weighted by Gasteiger charge is 2.36. The summed E-state index contributed by atoms with van der Waals surface area (Å²) < 4.78 is 0. The van der Waals surface area contributed by atoms with E-state index in [-0.39, 0.29) is 12.3 Å². The summed E-state index contributed by atoms with van der Waals surface area (Å²) in [5.41, 5.74) is 0.880. The van der Waals surface area contributed by atoms with E-state index >= 15 is 0 Å². The number of hydrogen-bond donors (Lipinski definition) is 1. The molecule has 5 heteroatoms. The molecular formula is C12H10N2O3. The molecule has 1 aliphatic heterocycles. The molecule has 2 rings (SSSR count). The Morgan fingerprint density at radius 2 is 2.29 bits per heavy atom. The first-order valence-electron chi connectivity index (χ1n) is 5.18. The molecule has 1 aliphatic rings. The lowest BCUT2D eigenvalue weighted by atomic mass is 10.1. The van der Waals surface area contributed by atoms with Crippen molar-refractivity contribution in [2.75, 3.05) is 4.90 Å². The minimum absolute atomic E-state index is 0.215. The zero-order chi connectivity index (χ0) is 12.4. The number of aliphatic carboxylic acids is 1. The lowest BCUT2D eigenvalue weighted by molar-refractivity contribution is -0.138. The van der Waals surface area contributed by atoms with Crippen LogP contribution in [0.1, 0.15) is 18.4 Å². The van der Waals surface area contributed by atoms with Crippen LogP contribution in [0.5, 0.6) is 0 Å². The molecule has 1 aromatic rings. The average Bonchev–Trinajstić information content (AvgIpc) is 2.71. The SMILES string of the molecule is N#Cc1cccc(N2C(=O)CCC2C(=O)O)c1. The normalized spacial score (nSPS) is 19.1. The molecule has 0 saturated carbocycles. The molecule has 1 unspecified atom stereocenters. The summed E-state index contributed by atoms with van der Waals surface area (Å²) in [6.07, 6.45) is 0.540. The standard InChI is InChI=1S/C12H10N2O3/c13-7-8-2-1-3-9(6-8)14-10(12(16)17)4-5-11(14)15/h1-3,6,10H,4-5H2,(H,16,17). The molecule has 1 fully saturated rings. The van der Waals surface area contributed by atoms with Crippen LogP contribution >= 0.6 is 0 Å². The van der Waals surface area contributed by atoms with Crippen LogP contribution in [0.4, 0.5) is 5.69 Å². The molecule has 5 nitrogen and oxygen atoms in total. The predicted molar refractivity (Wildman–Crippen MR) is 59.3 cm³/mol. The minimum atomic E-state index is -1.02. The van der Waals surface area contributed by atoms with E-state index in [1.165, 1.54) is 11.0 Å². The number of carboxylic acid groups (broad SMARTS) is 1. The van der Waals surface area contributed by atoms with Crippen molar-refractivity contribution in [1.29, 1.82) is 5.26 Å². The average molecular weight is 230 g/mol. The monoisotopic (exact) mass is 230 g/mol. The number of benzene rings is 1. The summed E-state index contributed by atoms with van der Waals surface area (Å²) in [4.78, 5) is 23.9. The third kappa shape index (κ3) is 1.97. The van der Waals surface area contributed by atoms with Crippen molar-refractivity contribution in [2.24, 2.45) is 0 Å². The van der Waals surface area contributed by atoms with Gasteiger partial charge in [0.2, 0.25) is 5.91 Å². The first kappa shape index (κ1) is 11.1. The van der Waals surface area contributed by atoms with E-state index < -0.39 is 12.0 Å². The van der Waals surface area contributed by atoms with Crippen LogP contribution in [-0.2, 0) is 9.59 Å². The van der Waals surface area contributed by atoms with Gasteiger partial charge in [0, 0.05) is 12.1 Å². The highest BCUT2D eigenvalue weighted by atomic mass is 16.4. The number of hydrogen-bond acceptors (Lipinski definition) is 3. The van der Waals surface area contributed by atoms with Gasteiger partial charge in [-0.2, -0.15) is 5.26 Å². The Hall–Kier alpha value is -2.35. The smallest absolute Gasteiger partial charge is 0.326 e. The number of carbonyl (C=O) groups is 2. The second kappa shape index (κ2) is 4.26. The zero-order valence-corrected chi connectivity index (χ0v) is 8.96. The van der Waals surface area contributed by atoms with Gasteiger partial charge in [-0.1, -0.05) is 6.07 Å². The maximum absolute atomic E-state index is 11.7. The van der Waals surface area contributed by atoms with Gasteiger partial charge in [0.25, 0.3) is 0 Å². The number of anilines is 1. The quantitative estimate of drug-likeness (QED) is 0.825. The number of carbonyl (C=O) groups excluding carboxylic acids is 1. The molecular weight excluding hydrogens is 220 g/mol.